The van der Waals surface area contributed by atoms with Crippen molar-refractivity contribution in [1.82, 2.24) is 4.90 Å². The van der Waals surface area contributed by atoms with Gasteiger partial charge < -0.3 is 9.84 Å². The fraction of sp³-hybridized carbons (Fsp3) is 0.441. The van der Waals surface area contributed by atoms with Crippen LogP contribution in [0, 0.1) is 13.8 Å². The maximum atomic E-state index is 13.1. The first kappa shape index (κ1) is 29.4. The lowest BCUT2D eigenvalue weighted by Gasteiger charge is -2.28. The second-order valence-electron chi connectivity index (χ2n) is 12.5. The molecule has 4 nitrogen and oxygen atoms in total. The Morgan fingerprint density at radius 1 is 0.789 bits per heavy atom. The molecule has 0 aliphatic heterocycles. The molecule has 0 aliphatic rings. The summed E-state index contributed by atoms with van der Waals surface area (Å²) < 4.78 is 5.75. The molecule has 0 bridgehead atoms. The van der Waals surface area contributed by atoms with Crippen molar-refractivity contribution in [3.63, 3.8) is 0 Å². The predicted octanol–water partition coefficient (Wildman–Crippen LogP) is 7.85. The van der Waals surface area contributed by atoms with Crippen molar-refractivity contribution in [2.24, 2.45) is 0 Å². The Hall–Kier alpha value is -3.11. The molecule has 38 heavy (non-hydrogen) atoms. The molecule has 0 saturated carbocycles. The van der Waals surface area contributed by atoms with E-state index in [9.17, 15) is 9.90 Å². The molecule has 0 heterocycles. The van der Waals surface area contributed by atoms with Gasteiger partial charge in [0.2, 0.25) is 0 Å². The van der Waals surface area contributed by atoms with Crippen molar-refractivity contribution in [2.75, 3.05) is 13.2 Å². The number of rotatable bonds is 9. The Morgan fingerprint density at radius 2 is 1.24 bits per heavy atom. The first-order chi connectivity index (χ1) is 17.8. The van der Waals surface area contributed by atoms with Crippen LogP contribution in [0.3, 0.4) is 0 Å². The van der Waals surface area contributed by atoms with Crippen LogP contribution < -0.4 is 0 Å². The van der Waals surface area contributed by atoms with Crippen LogP contribution in [0.5, 0.6) is 5.75 Å². The predicted molar refractivity (Wildman–Crippen MR) is 157 cm³/mol. The number of phenolic OH excluding ortho intramolecular Hbond substituents is 1. The minimum absolute atomic E-state index is 0.268. The Bertz CT molecular complexity index is 1160. The summed E-state index contributed by atoms with van der Waals surface area (Å²) in [5.41, 5.74) is 6.61. The third-order valence-electron chi connectivity index (χ3n) is 7.12. The molecule has 4 heteroatoms. The molecule has 0 unspecified atom stereocenters. The second-order valence-corrected chi connectivity index (χ2v) is 12.5. The maximum absolute atomic E-state index is 13.1. The van der Waals surface area contributed by atoms with Crippen LogP contribution in [0.1, 0.15) is 91.7 Å². The van der Waals surface area contributed by atoms with Gasteiger partial charge in [-0.1, -0.05) is 90.1 Å². The molecule has 0 saturated heterocycles. The summed E-state index contributed by atoms with van der Waals surface area (Å²) in [5, 5.41) is 11.0. The van der Waals surface area contributed by atoms with Gasteiger partial charge in [-0.15, -0.1) is 0 Å². The average molecular weight is 516 g/mol. The van der Waals surface area contributed by atoms with E-state index in [0.29, 0.717) is 12.2 Å². The van der Waals surface area contributed by atoms with Gasteiger partial charge >= 0.3 is 5.97 Å². The fourth-order valence-electron chi connectivity index (χ4n) is 4.70. The molecule has 0 aliphatic carbocycles. The van der Waals surface area contributed by atoms with Crippen molar-refractivity contribution in [2.45, 2.75) is 85.7 Å². The zero-order valence-electron chi connectivity index (χ0n) is 24.5. The quantitative estimate of drug-likeness (QED) is 0.233. The van der Waals surface area contributed by atoms with Crippen molar-refractivity contribution in [1.29, 1.82) is 0 Å². The first-order valence-corrected chi connectivity index (χ1v) is 13.6. The van der Waals surface area contributed by atoms with Crippen LogP contribution in [0.2, 0.25) is 0 Å². The summed E-state index contributed by atoms with van der Waals surface area (Å²) >= 11 is 0. The van der Waals surface area contributed by atoms with Crippen molar-refractivity contribution in [3.8, 4) is 5.75 Å². The molecule has 0 aromatic heterocycles. The summed E-state index contributed by atoms with van der Waals surface area (Å²) in [6, 6.07) is 20.6. The molecule has 0 fully saturated rings. The lowest BCUT2D eigenvalue weighted by molar-refractivity contribution is 0.0485. The van der Waals surface area contributed by atoms with Crippen LogP contribution >= 0.6 is 0 Å². The Morgan fingerprint density at radius 3 is 1.66 bits per heavy atom. The first-order valence-electron chi connectivity index (χ1n) is 13.6. The summed E-state index contributed by atoms with van der Waals surface area (Å²) in [6.45, 7) is 19.4. The van der Waals surface area contributed by atoms with Gasteiger partial charge in [-0.25, -0.2) is 4.79 Å². The van der Waals surface area contributed by atoms with Crippen molar-refractivity contribution < 1.29 is 14.6 Å². The van der Waals surface area contributed by atoms with E-state index in [-0.39, 0.29) is 22.5 Å². The molecule has 0 spiro atoms. The van der Waals surface area contributed by atoms with E-state index in [2.05, 4.69) is 67.3 Å². The van der Waals surface area contributed by atoms with E-state index in [1.165, 1.54) is 22.3 Å². The zero-order valence-corrected chi connectivity index (χ0v) is 24.5. The molecular weight excluding hydrogens is 470 g/mol. The van der Waals surface area contributed by atoms with E-state index in [4.69, 9.17) is 4.74 Å². The normalized spacial score (nSPS) is 12.1. The summed E-state index contributed by atoms with van der Waals surface area (Å²) in [7, 11) is 0. The van der Waals surface area contributed by atoms with Gasteiger partial charge in [-0.05, 0) is 65.5 Å². The standard InChI is InChI=1S/C34H45NO3/c1-24-14-9-11-16-26(24)22-35(23-27-17-12-10-15-25(27)2)18-13-19-38-32(37)28-20-29(33(3,4)5)31(36)30(21-28)34(6,7)8/h9-12,14-17,20-21,36H,13,18-19,22-23H2,1-8H3. The molecular formula is C34H45NO3. The zero-order chi connectivity index (χ0) is 28.1. The molecule has 3 rings (SSSR count). The van der Waals surface area contributed by atoms with Gasteiger partial charge in [0.15, 0.2) is 0 Å². The number of hydrogen-bond acceptors (Lipinski definition) is 4. The molecule has 0 radical (unpaired) electrons. The van der Waals surface area contributed by atoms with E-state index < -0.39 is 0 Å². The number of esters is 1. The lowest BCUT2D eigenvalue weighted by atomic mass is 9.78. The average Bonchev–Trinajstić information content (AvgIpc) is 2.83. The Kier molecular flexibility index (Phi) is 9.43. The van der Waals surface area contributed by atoms with Crippen LogP contribution in [0.15, 0.2) is 60.7 Å². The summed E-state index contributed by atoms with van der Waals surface area (Å²) in [4.78, 5) is 15.5. The largest absolute Gasteiger partial charge is 0.507 e. The monoisotopic (exact) mass is 515 g/mol. The highest BCUT2D eigenvalue weighted by molar-refractivity contribution is 5.90. The van der Waals surface area contributed by atoms with Crippen LogP contribution in [0.25, 0.3) is 0 Å². The third-order valence-corrected chi connectivity index (χ3v) is 7.12. The van der Waals surface area contributed by atoms with Crippen LogP contribution in [-0.2, 0) is 28.7 Å². The maximum Gasteiger partial charge on any atom is 0.338 e. The van der Waals surface area contributed by atoms with Gasteiger partial charge in [0.25, 0.3) is 0 Å². The number of phenols is 1. The molecule has 0 atom stereocenters. The van der Waals surface area contributed by atoms with E-state index in [1.54, 1.807) is 12.1 Å². The van der Waals surface area contributed by atoms with Crippen molar-refractivity contribution >= 4 is 5.97 Å². The van der Waals surface area contributed by atoms with Crippen LogP contribution in [-0.4, -0.2) is 29.1 Å². The number of nitrogens with zero attached hydrogens (tertiary/aromatic N) is 1. The van der Waals surface area contributed by atoms with Crippen LogP contribution in [0.4, 0.5) is 0 Å². The van der Waals surface area contributed by atoms with Gasteiger partial charge in [-0.2, -0.15) is 0 Å². The van der Waals surface area contributed by atoms with E-state index >= 15 is 0 Å². The second kappa shape index (κ2) is 12.2. The number of aromatic hydroxyl groups is 1. The highest BCUT2D eigenvalue weighted by Crippen LogP contribution is 2.39. The minimum atomic E-state index is -0.342. The smallest absolute Gasteiger partial charge is 0.338 e. The lowest BCUT2D eigenvalue weighted by Crippen LogP contribution is -2.26. The Labute approximate surface area is 229 Å². The number of aryl methyl sites for hydroxylation is 2. The fourth-order valence-corrected chi connectivity index (χ4v) is 4.70. The van der Waals surface area contributed by atoms with E-state index in [1.807, 2.05) is 41.5 Å². The molecule has 3 aromatic rings. The highest BCUT2D eigenvalue weighted by atomic mass is 16.5. The van der Waals surface area contributed by atoms with Crippen molar-refractivity contribution in [3.05, 3.63) is 99.6 Å². The topological polar surface area (TPSA) is 49.8 Å². The third kappa shape index (κ3) is 7.70. The van der Waals surface area contributed by atoms with E-state index in [0.717, 1.165) is 37.2 Å². The molecule has 3 aromatic carbocycles. The number of hydrogen-bond donors (Lipinski definition) is 1. The number of ether oxygens (including phenoxy) is 1. The summed E-state index contributed by atoms with van der Waals surface area (Å²) in [5.74, 6) is -0.0741. The summed E-state index contributed by atoms with van der Waals surface area (Å²) in [6.07, 6.45) is 0.736. The van der Waals surface area contributed by atoms with Gasteiger partial charge in [0.1, 0.15) is 5.75 Å². The van der Waals surface area contributed by atoms with Gasteiger partial charge in [0, 0.05) is 30.8 Å². The number of carbonyl (C=O) groups is 1. The number of carbonyl (C=O) groups excluding carboxylic acids is 1. The molecule has 204 valence electrons. The van der Waals surface area contributed by atoms with Gasteiger partial charge in [-0.3, -0.25) is 4.90 Å². The molecule has 1 N–H and O–H groups in total. The SMILES string of the molecule is Cc1ccccc1CN(CCCOC(=O)c1cc(C(C)(C)C)c(O)c(C(C)(C)C)c1)Cc1ccccc1C. The Balaban J connectivity index is 1.71. The highest BCUT2D eigenvalue weighted by Gasteiger charge is 2.28. The number of benzene rings is 3. The molecule has 0 amide bonds. The minimum Gasteiger partial charge on any atom is -0.507 e. The van der Waals surface area contributed by atoms with Gasteiger partial charge in [0.05, 0.1) is 12.2 Å².